The molecular weight excluding hydrogens is 249 g/mol. The monoisotopic (exact) mass is 258 g/mol. The Balaban J connectivity index is 2.49. The number of carbonyl (C=O) groups excluding carboxylic acids is 1. The molecule has 0 amide bonds. The molecule has 96 valence electrons. The van der Waals surface area contributed by atoms with E-state index in [1.54, 1.807) is 0 Å². The van der Waals surface area contributed by atoms with Crippen molar-refractivity contribution in [2.24, 2.45) is 0 Å². The van der Waals surface area contributed by atoms with Crippen LogP contribution in [0.3, 0.4) is 0 Å². The van der Waals surface area contributed by atoms with Crippen molar-refractivity contribution in [3.63, 3.8) is 0 Å². The molecule has 2 atom stereocenters. The van der Waals surface area contributed by atoms with Crippen molar-refractivity contribution in [3.05, 3.63) is 48.0 Å². The van der Waals surface area contributed by atoms with Crippen LogP contribution in [-0.2, 0) is 15.1 Å². The molecule has 2 rings (SSSR count). The minimum Gasteiger partial charge on any atom is -0.451 e. The predicted octanol–water partition coefficient (Wildman–Crippen LogP) is 1.92. The van der Waals surface area contributed by atoms with E-state index >= 15 is 0 Å². The van der Waals surface area contributed by atoms with Gasteiger partial charge in [0.15, 0.2) is 6.10 Å². The molecular formula is C12H9F3O3. The molecule has 0 saturated carbocycles. The van der Waals surface area contributed by atoms with Gasteiger partial charge in [0.2, 0.25) is 5.60 Å². The van der Waals surface area contributed by atoms with Gasteiger partial charge in [-0.1, -0.05) is 30.3 Å². The highest BCUT2D eigenvalue weighted by atomic mass is 19.4. The second-order valence-corrected chi connectivity index (χ2v) is 3.85. The van der Waals surface area contributed by atoms with Gasteiger partial charge in [0.1, 0.15) is 0 Å². The van der Waals surface area contributed by atoms with E-state index in [1.807, 2.05) is 0 Å². The van der Waals surface area contributed by atoms with Crippen molar-refractivity contribution in [1.82, 2.24) is 0 Å². The lowest BCUT2D eigenvalue weighted by molar-refractivity contribution is -0.290. The van der Waals surface area contributed by atoms with E-state index in [4.69, 9.17) is 0 Å². The van der Waals surface area contributed by atoms with E-state index in [9.17, 15) is 23.1 Å². The zero-order valence-electron chi connectivity index (χ0n) is 9.02. The third-order valence-electron chi connectivity index (χ3n) is 2.71. The van der Waals surface area contributed by atoms with E-state index in [-0.39, 0.29) is 5.56 Å². The van der Waals surface area contributed by atoms with Crippen LogP contribution in [0.2, 0.25) is 0 Å². The first kappa shape index (κ1) is 12.6. The third kappa shape index (κ3) is 1.88. The first-order chi connectivity index (χ1) is 8.35. The molecule has 1 aromatic carbocycles. The van der Waals surface area contributed by atoms with Gasteiger partial charge < -0.3 is 9.84 Å². The summed E-state index contributed by atoms with van der Waals surface area (Å²) in [5.41, 5.74) is -3.61. The maximum Gasteiger partial charge on any atom is 0.425 e. The molecule has 1 aliphatic rings. The van der Waals surface area contributed by atoms with Crippen LogP contribution < -0.4 is 0 Å². The third-order valence-corrected chi connectivity index (χ3v) is 2.71. The molecule has 18 heavy (non-hydrogen) atoms. The van der Waals surface area contributed by atoms with Crippen LogP contribution in [0.1, 0.15) is 5.56 Å². The van der Waals surface area contributed by atoms with Gasteiger partial charge in [0.25, 0.3) is 0 Å². The quantitative estimate of drug-likeness (QED) is 0.824. The topological polar surface area (TPSA) is 46.5 Å². The van der Waals surface area contributed by atoms with Crippen LogP contribution in [0.5, 0.6) is 0 Å². The highest BCUT2D eigenvalue weighted by molar-refractivity contribution is 5.84. The average molecular weight is 258 g/mol. The summed E-state index contributed by atoms with van der Waals surface area (Å²) in [5.74, 6) is -0.904. The van der Waals surface area contributed by atoms with Gasteiger partial charge in [-0.2, -0.15) is 13.2 Å². The maximum atomic E-state index is 13.1. The number of hydrogen-bond donors (Lipinski definition) is 1. The smallest absolute Gasteiger partial charge is 0.425 e. The molecule has 1 aliphatic heterocycles. The number of rotatable bonds is 2. The fourth-order valence-electron chi connectivity index (χ4n) is 1.78. The molecule has 3 nitrogen and oxygen atoms in total. The molecule has 1 aromatic rings. The molecule has 1 heterocycles. The number of halogens is 3. The van der Waals surface area contributed by atoms with E-state index in [0.717, 1.165) is 24.3 Å². The number of hydrogen-bond acceptors (Lipinski definition) is 3. The summed E-state index contributed by atoms with van der Waals surface area (Å²) in [6.45, 7) is 0. The van der Waals surface area contributed by atoms with Crippen molar-refractivity contribution >= 4 is 5.97 Å². The number of ether oxygens (including phenoxy) is 1. The summed E-state index contributed by atoms with van der Waals surface area (Å²) >= 11 is 0. The lowest BCUT2D eigenvalue weighted by Crippen LogP contribution is -2.51. The van der Waals surface area contributed by atoms with Crippen LogP contribution in [0.15, 0.2) is 42.5 Å². The lowest BCUT2D eigenvalue weighted by Gasteiger charge is -2.34. The van der Waals surface area contributed by atoms with E-state index in [0.29, 0.717) is 0 Å². The molecule has 6 heteroatoms. The van der Waals surface area contributed by atoms with E-state index in [1.165, 1.54) is 18.2 Å². The van der Waals surface area contributed by atoms with Crippen molar-refractivity contribution in [3.8, 4) is 0 Å². The van der Waals surface area contributed by atoms with Crippen LogP contribution in [0, 0.1) is 0 Å². The molecule has 0 radical (unpaired) electrons. The Morgan fingerprint density at radius 1 is 1.17 bits per heavy atom. The molecule has 0 bridgehead atoms. The SMILES string of the molecule is O=C1C=CC(C(O)(c2ccccc2)C(F)(F)F)O1. The van der Waals surface area contributed by atoms with Crippen molar-refractivity contribution < 1.29 is 27.8 Å². The molecule has 0 aromatic heterocycles. The lowest BCUT2D eigenvalue weighted by atomic mass is 9.87. The number of carbonyl (C=O) groups is 1. The summed E-state index contributed by atoms with van der Waals surface area (Å²) in [7, 11) is 0. The van der Waals surface area contributed by atoms with Gasteiger partial charge in [-0.05, 0) is 11.6 Å². The number of aliphatic hydroxyl groups is 1. The summed E-state index contributed by atoms with van der Waals surface area (Å²) in [6, 6.07) is 6.52. The largest absolute Gasteiger partial charge is 0.451 e. The minimum absolute atomic E-state index is 0.373. The van der Waals surface area contributed by atoms with Crippen molar-refractivity contribution in [2.75, 3.05) is 0 Å². The Kier molecular flexibility index (Phi) is 2.90. The Hall–Kier alpha value is -1.82. The van der Waals surface area contributed by atoms with E-state index < -0.39 is 23.9 Å². The Bertz CT molecular complexity index is 481. The fourth-order valence-corrected chi connectivity index (χ4v) is 1.78. The first-order valence-corrected chi connectivity index (χ1v) is 5.09. The van der Waals surface area contributed by atoms with Gasteiger partial charge in [0, 0.05) is 6.08 Å². The number of benzene rings is 1. The van der Waals surface area contributed by atoms with Crippen LogP contribution in [0.4, 0.5) is 13.2 Å². The van der Waals surface area contributed by atoms with Crippen LogP contribution in [0.25, 0.3) is 0 Å². The van der Waals surface area contributed by atoms with Crippen LogP contribution in [-0.4, -0.2) is 23.4 Å². The average Bonchev–Trinajstić information content (AvgIpc) is 2.75. The molecule has 1 N–H and O–H groups in total. The van der Waals surface area contributed by atoms with Gasteiger partial charge in [-0.25, -0.2) is 4.79 Å². The summed E-state index contributed by atoms with van der Waals surface area (Å²) < 4.78 is 43.8. The zero-order chi connectivity index (χ0) is 13.4. The zero-order valence-corrected chi connectivity index (χ0v) is 9.02. The molecule has 2 unspecified atom stereocenters. The maximum absolute atomic E-state index is 13.1. The first-order valence-electron chi connectivity index (χ1n) is 5.09. The summed E-state index contributed by atoms with van der Waals surface area (Å²) in [4.78, 5) is 10.9. The van der Waals surface area contributed by atoms with Gasteiger partial charge >= 0.3 is 12.1 Å². The van der Waals surface area contributed by atoms with Crippen LogP contribution >= 0.6 is 0 Å². The van der Waals surface area contributed by atoms with Gasteiger partial charge in [-0.15, -0.1) is 0 Å². The highest BCUT2D eigenvalue weighted by Gasteiger charge is 2.61. The fraction of sp³-hybridized carbons (Fsp3) is 0.250. The Morgan fingerprint density at radius 2 is 1.78 bits per heavy atom. The second-order valence-electron chi connectivity index (χ2n) is 3.85. The van der Waals surface area contributed by atoms with Crippen molar-refractivity contribution in [2.45, 2.75) is 17.9 Å². The summed E-state index contributed by atoms with van der Waals surface area (Å²) in [6.07, 6.45) is -4.96. The normalized spacial score (nSPS) is 22.7. The number of esters is 1. The molecule has 0 aliphatic carbocycles. The molecule has 0 saturated heterocycles. The predicted molar refractivity (Wildman–Crippen MR) is 55.4 cm³/mol. The number of cyclic esters (lactones) is 1. The van der Waals surface area contributed by atoms with Gasteiger partial charge in [0.05, 0.1) is 0 Å². The molecule has 0 spiro atoms. The Labute approximate surface area is 100 Å². The summed E-state index contributed by atoms with van der Waals surface area (Å²) in [5, 5.41) is 9.98. The molecule has 0 fully saturated rings. The van der Waals surface area contributed by atoms with E-state index in [2.05, 4.69) is 4.74 Å². The Morgan fingerprint density at radius 3 is 2.22 bits per heavy atom. The number of alkyl halides is 3. The van der Waals surface area contributed by atoms with Gasteiger partial charge in [-0.3, -0.25) is 0 Å². The minimum atomic E-state index is -4.96. The highest BCUT2D eigenvalue weighted by Crippen LogP contribution is 2.44. The second kappa shape index (κ2) is 4.13. The van der Waals surface area contributed by atoms with Crippen molar-refractivity contribution in [1.29, 1.82) is 0 Å². The standard InChI is InChI=1S/C12H9F3O3/c13-12(14,15)11(17,8-4-2-1-3-5-8)9-6-7-10(16)18-9/h1-7,9,17H.